The number of thiazole rings is 1. The number of anilines is 2. The summed E-state index contributed by atoms with van der Waals surface area (Å²) in [6, 6.07) is 11.7. The molecule has 28 heavy (non-hydrogen) atoms. The number of nitrogen functional groups attached to an aromatic ring is 1. The number of fused-ring (bicyclic) bond motifs is 1. The monoisotopic (exact) mass is 399 g/mol. The highest BCUT2D eigenvalue weighted by atomic mass is 32.1. The Hall–Kier alpha value is -3.13. The van der Waals surface area contributed by atoms with Gasteiger partial charge in [-0.15, -0.1) is 0 Å². The number of halogens is 1. The van der Waals surface area contributed by atoms with Gasteiger partial charge in [0.15, 0.2) is 16.6 Å². The maximum atomic E-state index is 13.0. The number of hydrogen-bond donors (Lipinski definition) is 2. The zero-order chi connectivity index (χ0) is 19.7. The molecule has 3 aromatic rings. The molecular formula is C20H18FN3O3S. The van der Waals surface area contributed by atoms with Gasteiger partial charge in [-0.1, -0.05) is 29.5 Å². The van der Waals surface area contributed by atoms with E-state index in [2.05, 4.69) is 10.3 Å². The molecule has 3 N–H and O–H groups in total. The predicted octanol–water partition coefficient (Wildman–Crippen LogP) is 3.93. The van der Waals surface area contributed by atoms with Crippen molar-refractivity contribution in [3.8, 4) is 11.5 Å². The van der Waals surface area contributed by atoms with Crippen molar-refractivity contribution in [1.29, 1.82) is 0 Å². The van der Waals surface area contributed by atoms with Crippen molar-refractivity contribution >= 4 is 28.2 Å². The van der Waals surface area contributed by atoms with E-state index in [4.69, 9.17) is 15.2 Å². The Labute approximate surface area is 165 Å². The third-order valence-corrected chi connectivity index (χ3v) is 5.53. The summed E-state index contributed by atoms with van der Waals surface area (Å²) in [5, 5.41) is 3.18. The Morgan fingerprint density at radius 3 is 2.79 bits per heavy atom. The van der Waals surface area contributed by atoms with E-state index >= 15 is 0 Å². The largest absolute Gasteiger partial charge is 0.493 e. The molecule has 1 unspecified atom stereocenters. The molecule has 1 aromatic heterocycles. The van der Waals surface area contributed by atoms with E-state index in [1.807, 2.05) is 18.2 Å². The molecule has 1 amide bonds. The van der Waals surface area contributed by atoms with Gasteiger partial charge in [-0.2, -0.15) is 0 Å². The number of methoxy groups -OCH3 is 1. The van der Waals surface area contributed by atoms with Crippen LogP contribution in [-0.4, -0.2) is 18.0 Å². The lowest BCUT2D eigenvalue weighted by atomic mass is 9.91. The first-order valence-electron chi connectivity index (χ1n) is 8.64. The second-order valence-electron chi connectivity index (χ2n) is 6.40. The summed E-state index contributed by atoms with van der Waals surface area (Å²) in [7, 11) is 1.56. The lowest BCUT2D eigenvalue weighted by molar-refractivity contribution is -0.116. The molecule has 0 bridgehead atoms. The first-order chi connectivity index (χ1) is 13.5. The molecule has 144 valence electrons. The highest BCUT2D eigenvalue weighted by Crippen LogP contribution is 2.43. The second-order valence-corrected chi connectivity index (χ2v) is 7.46. The molecule has 6 nitrogen and oxygen atoms in total. The fourth-order valence-corrected chi connectivity index (χ4v) is 4.08. The number of rotatable bonds is 5. The first kappa shape index (κ1) is 18.2. The van der Waals surface area contributed by atoms with Crippen molar-refractivity contribution in [2.75, 3.05) is 18.2 Å². The Bertz CT molecular complexity index is 1020. The Balaban J connectivity index is 1.58. The number of carbonyl (C=O) groups is 1. The number of nitrogens with zero attached hydrogens (tertiary/aromatic N) is 1. The summed E-state index contributed by atoms with van der Waals surface area (Å²) in [5.74, 6) is 1.13. The summed E-state index contributed by atoms with van der Waals surface area (Å²) < 4.78 is 24.3. The highest BCUT2D eigenvalue weighted by Gasteiger charge is 2.30. The minimum absolute atomic E-state index is 0.0987. The normalized spacial score (nSPS) is 15.6. The van der Waals surface area contributed by atoms with Crippen LogP contribution in [0.4, 0.5) is 15.3 Å². The molecule has 0 saturated heterocycles. The smallest absolute Gasteiger partial charge is 0.226 e. The number of ether oxygens (including phenoxy) is 2. The van der Waals surface area contributed by atoms with E-state index in [0.717, 1.165) is 16.0 Å². The van der Waals surface area contributed by atoms with Gasteiger partial charge in [0.1, 0.15) is 18.2 Å². The van der Waals surface area contributed by atoms with E-state index in [1.165, 1.54) is 23.5 Å². The molecule has 4 rings (SSSR count). The van der Waals surface area contributed by atoms with Crippen LogP contribution in [0.25, 0.3) is 0 Å². The average Bonchev–Trinajstić information content (AvgIpc) is 3.06. The maximum Gasteiger partial charge on any atom is 0.226 e. The van der Waals surface area contributed by atoms with Crippen LogP contribution in [0.3, 0.4) is 0 Å². The van der Waals surface area contributed by atoms with Crippen molar-refractivity contribution < 1.29 is 18.7 Å². The second kappa shape index (κ2) is 7.47. The van der Waals surface area contributed by atoms with Crippen molar-refractivity contribution in [1.82, 2.24) is 4.98 Å². The molecule has 0 aliphatic carbocycles. The molecule has 1 aliphatic heterocycles. The molecule has 8 heteroatoms. The Kier molecular flexibility index (Phi) is 4.87. The van der Waals surface area contributed by atoms with E-state index in [-0.39, 0.29) is 24.2 Å². The minimum atomic E-state index is -0.287. The molecule has 0 saturated carbocycles. The molecule has 1 aliphatic rings. The van der Waals surface area contributed by atoms with Crippen LogP contribution in [0, 0.1) is 5.82 Å². The van der Waals surface area contributed by atoms with Gasteiger partial charge in [-0.3, -0.25) is 4.79 Å². The summed E-state index contributed by atoms with van der Waals surface area (Å²) in [6.45, 7) is 0.289. The van der Waals surface area contributed by atoms with Crippen molar-refractivity contribution in [2.45, 2.75) is 18.9 Å². The number of aromatic nitrogens is 1. The first-order valence-corrected chi connectivity index (χ1v) is 9.46. The Morgan fingerprint density at radius 2 is 2.04 bits per heavy atom. The van der Waals surface area contributed by atoms with E-state index in [1.54, 1.807) is 19.2 Å². The third-order valence-electron chi connectivity index (χ3n) is 4.53. The van der Waals surface area contributed by atoms with Gasteiger partial charge in [0.2, 0.25) is 5.91 Å². The highest BCUT2D eigenvalue weighted by molar-refractivity contribution is 7.16. The molecule has 0 radical (unpaired) electrons. The molecule has 0 spiro atoms. The molecule has 0 fully saturated rings. The van der Waals surface area contributed by atoms with Gasteiger partial charge in [0.05, 0.1) is 12.0 Å². The third kappa shape index (κ3) is 3.63. The lowest BCUT2D eigenvalue weighted by Crippen LogP contribution is -2.22. The van der Waals surface area contributed by atoms with Crippen molar-refractivity contribution in [3.05, 3.63) is 64.3 Å². The fourth-order valence-electron chi connectivity index (χ4n) is 3.17. The number of hydrogen-bond acceptors (Lipinski definition) is 6. The number of benzene rings is 2. The van der Waals surface area contributed by atoms with E-state index < -0.39 is 0 Å². The lowest BCUT2D eigenvalue weighted by Gasteiger charge is -2.22. The SMILES string of the molecule is COc1cc(C2CC(=O)Nc3nc(N)sc32)ccc1OCc1ccc(F)cc1. The number of amides is 1. The predicted molar refractivity (Wildman–Crippen MR) is 105 cm³/mol. The summed E-state index contributed by atoms with van der Waals surface area (Å²) in [6.07, 6.45) is 0.313. The van der Waals surface area contributed by atoms with Gasteiger partial charge in [0.25, 0.3) is 0 Å². The van der Waals surface area contributed by atoms with Crippen LogP contribution in [-0.2, 0) is 11.4 Å². The molecule has 1 atom stereocenters. The number of carbonyl (C=O) groups excluding carboxylic acids is 1. The fraction of sp³-hybridized carbons (Fsp3) is 0.200. The molecule has 2 aromatic carbocycles. The zero-order valence-electron chi connectivity index (χ0n) is 15.1. The van der Waals surface area contributed by atoms with Crippen LogP contribution in [0.15, 0.2) is 42.5 Å². The average molecular weight is 399 g/mol. The van der Waals surface area contributed by atoms with E-state index in [9.17, 15) is 9.18 Å². The van der Waals surface area contributed by atoms with Crippen LogP contribution < -0.4 is 20.5 Å². The zero-order valence-corrected chi connectivity index (χ0v) is 15.9. The summed E-state index contributed by atoms with van der Waals surface area (Å²) >= 11 is 1.37. The van der Waals surface area contributed by atoms with Crippen LogP contribution in [0.5, 0.6) is 11.5 Å². The number of nitrogens with one attached hydrogen (secondary N) is 1. The molecular weight excluding hydrogens is 381 g/mol. The van der Waals surface area contributed by atoms with Gasteiger partial charge in [-0.25, -0.2) is 9.37 Å². The quantitative estimate of drug-likeness (QED) is 0.679. The van der Waals surface area contributed by atoms with Crippen LogP contribution in [0.2, 0.25) is 0 Å². The van der Waals surface area contributed by atoms with Crippen LogP contribution in [0.1, 0.15) is 28.3 Å². The van der Waals surface area contributed by atoms with Gasteiger partial charge in [0, 0.05) is 12.3 Å². The topological polar surface area (TPSA) is 86.5 Å². The van der Waals surface area contributed by atoms with E-state index in [0.29, 0.717) is 28.9 Å². The Morgan fingerprint density at radius 1 is 1.25 bits per heavy atom. The maximum absolute atomic E-state index is 13.0. The van der Waals surface area contributed by atoms with Gasteiger partial charge in [-0.05, 0) is 35.4 Å². The number of nitrogens with two attached hydrogens (primary N) is 1. The van der Waals surface area contributed by atoms with Crippen molar-refractivity contribution in [3.63, 3.8) is 0 Å². The minimum Gasteiger partial charge on any atom is -0.493 e. The summed E-state index contributed by atoms with van der Waals surface area (Å²) in [5.41, 5.74) is 7.59. The summed E-state index contributed by atoms with van der Waals surface area (Å²) in [4.78, 5) is 17.2. The van der Waals surface area contributed by atoms with Crippen molar-refractivity contribution in [2.24, 2.45) is 0 Å². The van der Waals surface area contributed by atoms with Gasteiger partial charge >= 0.3 is 0 Å². The van der Waals surface area contributed by atoms with Crippen LogP contribution >= 0.6 is 11.3 Å². The molecule has 2 heterocycles. The standard InChI is InChI=1S/C20H18FN3O3S/c1-26-16-8-12(14-9-17(25)23-19-18(14)28-20(22)24-19)4-7-15(16)27-10-11-2-5-13(21)6-3-11/h2-8,14H,9-10H2,1H3,(H2,22,24)(H,23,25). The van der Waals surface area contributed by atoms with Gasteiger partial charge < -0.3 is 20.5 Å².